The molecule has 1 aromatic heterocycles. The van der Waals surface area contributed by atoms with Crippen molar-refractivity contribution < 1.29 is 9.18 Å². The van der Waals surface area contributed by atoms with Crippen LogP contribution in [0.15, 0.2) is 48.5 Å². The summed E-state index contributed by atoms with van der Waals surface area (Å²) in [4.78, 5) is 12.4. The highest BCUT2D eigenvalue weighted by atomic mass is 35.5. The van der Waals surface area contributed by atoms with Gasteiger partial charge in [0.15, 0.2) is 0 Å². The van der Waals surface area contributed by atoms with Gasteiger partial charge in [0, 0.05) is 16.1 Å². The number of benzene rings is 2. The average Bonchev–Trinajstić information content (AvgIpc) is 2.90. The van der Waals surface area contributed by atoms with E-state index in [-0.39, 0.29) is 10.6 Å². The molecule has 3 rings (SSSR count). The molecule has 1 amide bonds. The summed E-state index contributed by atoms with van der Waals surface area (Å²) < 4.78 is 15.4. The van der Waals surface area contributed by atoms with Crippen LogP contribution in [0.3, 0.4) is 0 Å². The molecule has 2 aromatic carbocycles. The fourth-order valence-corrected chi connectivity index (χ4v) is 2.60. The molecule has 24 heavy (non-hydrogen) atoms. The minimum absolute atomic E-state index is 0.140. The molecule has 7 heteroatoms. The van der Waals surface area contributed by atoms with Crippen molar-refractivity contribution in [2.24, 2.45) is 0 Å². The molecule has 0 atom stereocenters. The van der Waals surface area contributed by atoms with Crippen LogP contribution < -0.4 is 5.32 Å². The van der Waals surface area contributed by atoms with E-state index in [2.05, 4.69) is 10.4 Å². The normalized spacial score (nSPS) is 10.7. The van der Waals surface area contributed by atoms with Gasteiger partial charge in [0.1, 0.15) is 11.6 Å². The van der Waals surface area contributed by atoms with Crippen LogP contribution in [0.1, 0.15) is 16.1 Å². The fourth-order valence-electron chi connectivity index (χ4n) is 2.25. The van der Waals surface area contributed by atoms with Gasteiger partial charge in [-0.25, -0.2) is 9.07 Å². The van der Waals surface area contributed by atoms with Gasteiger partial charge >= 0.3 is 0 Å². The molecule has 1 N–H and O–H groups in total. The van der Waals surface area contributed by atoms with E-state index >= 15 is 0 Å². The third-order valence-corrected chi connectivity index (χ3v) is 3.77. The predicted molar refractivity (Wildman–Crippen MR) is 92.7 cm³/mol. The average molecular weight is 364 g/mol. The molecule has 0 bridgehead atoms. The molecule has 0 unspecified atom stereocenters. The van der Waals surface area contributed by atoms with Crippen LogP contribution in [0.25, 0.3) is 5.69 Å². The van der Waals surface area contributed by atoms with E-state index in [0.29, 0.717) is 22.2 Å². The Morgan fingerprint density at radius 3 is 2.62 bits per heavy atom. The first-order valence-corrected chi connectivity index (χ1v) is 7.78. The molecule has 0 saturated heterocycles. The van der Waals surface area contributed by atoms with Crippen LogP contribution in [0.4, 0.5) is 10.2 Å². The zero-order chi connectivity index (χ0) is 17.3. The summed E-state index contributed by atoms with van der Waals surface area (Å²) in [6.45, 7) is 1.79. The topological polar surface area (TPSA) is 46.9 Å². The van der Waals surface area contributed by atoms with E-state index in [4.69, 9.17) is 23.2 Å². The highest BCUT2D eigenvalue weighted by molar-refractivity contribution is 6.31. The minimum Gasteiger partial charge on any atom is -0.306 e. The zero-order valence-corrected chi connectivity index (χ0v) is 14.1. The van der Waals surface area contributed by atoms with Gasteiger partial charge in [-0.15, -0.1) is 0 Å². The first-order chi connectivity index (χ1) is 11.4. The van der Waals surface area contributed by atoms with E-state index in [1.54, 1.807) is 37.3 Å². The van der Waals surface area contributed by atoms with Crippen molar-refractivity contribution in [2.75, 3.05) is 5.32 Å². The summed E-state index contributed by atoms with van der Waals surface area (Å²) in [5.74, 6) is -0.861. The molecule has 1 heterocycles. The van der Waals surface area contributed by atoms with Crippen LogP contribution in [-0.2, 0) is 0 Å². The van der Waals surface area contributed by atoms with E-state index in [0.717, 1.165) is 6.07 Å². The highest BCUT2D eigenvalue weighted by Crippen LogP contribution is 2.22. The van der Waals surface area contributed by atoms with Gasteiger partial charge in [0.25, 0.3) is 5.91 Å². The molecule has 0 aliphatic carbocycles. The summed E-state index contributed by atoms with van der Waals surface area (Å²) >= 11 is 11.8. The Morgan fingerprint density at radius 1 is 1.12 bits per heavy atom. The maximum Gasteiger partial charge on any atom is 0.259 e. The van der Waals surface area contributed by atoms with Gasteiger partial charge in [-0.2, -0.15) is 5.10 Å². The summed E-state index contributed by atoms with van der Waals surface area (Å²) in [5.41, 5.74) is 1.23. The van der Waals surface area contributed by atoms with Gasteiger partial charge in [-0.1, -0.05) is 29.3 Å². The van der Waals surface area contributed by atoms with E-state index in [1.165, 1.54) is 16.8 Å². The lowest BCUT2D eigenvalue weighted by Crippen LogP contribution is -2.16. The number of hydrogen-bond acceptors (Lipinski definition) is 2. The Morgan fingerprint density at radius 2 is 1.88 bits per heavy atom. The first-order valence-electron chi connectivity index (χ1n) is 7.03. The van der Waals surface area contributed by atoms with Crippen LogP contribution >= 0.6 is 23.2 Å². The highest BCUT2D eigenvalue weighted by Gasteiger charge is 2.16. The Balaban J connectivity index is 1.96. The van der Waals surface area contributed by atoms with Crippen LogP contribution in [0.2, 0.25) is 10.0 Å². The van der Waals surface area contributed by atoms with Crippen molar-refractivity contribution in [2.45, 2.75) is 6.92 Å². The summed E-state index contributed by atoms with van der Waals surface area (Å²) in [6, 6.07) is 12.5. The number of nitrogens with zero attached hydrogens (tertiary/aromatic N) is 2. The number of hydrogen-bond donors (Lipinski definition) is 1. The number of carbonyl (C=O) groups is 1. The largest absolute Gasteiger partial charge is 0.306 e. The SMILES string of the molecule is Cc1cc(NC(=O)c2cc(Cl)ccc2F)n(-c2cccc(Cl)c2)n1. The second-order valence-electron chi connectivity index (χ2n) is 5.14. The second-order valence-corrected chi connectivity index (χ2v) is 6.01. The number of anilines is 1. The minimum atomic E-state index is -0.651. The van der Waals surface area contributed by atoms with Crippen molar-refractivity contribution in [1.29, 1.82) is 0 Å². The van der Waals surface area contributed by atoms with Gasteiger partial charge in [-0.3, -0.25) is 4.79 Å². The maximum absolute atomic E-state index is 13.8. The fraction of sp³-hybridized carbons (Fsp3) is 0.0588. The van der Waals surface area contributed by atoms with Gasteiger partial charge in [0.2, 0.25) is 0 Å². The van der Waals surface area contributed by atoms with Crippen LogP contribution in [0.5, 0.6) is 0 Å². The van der Waals surface area contributed by atoms with Crippen molar-refractivity contribution in [1.82, 2.24) is 9.78 Å². The smallest absolute Gasteiger partial charge is 0.259 e. The Kier molecular flexibility index (Phi) is 4.55. The summed E-state index contributed by atoms with van der Waals surface area (Å²) in [7, 11) is 0. The lowest BCUT2D eigenvalue weighted by atomic mass is 10.2. The van der Waals surface area contributed by atoms with Gasteiger partial charge in [0.05, 0.1) is 16.9 Å². The molecular weight excluding hydrogens is 352 g/mol. The summed E-state index contributed by atoms with van der Waals surface area (Å²) in [5, 5.41) is 7.80. The predicted octanol–water partition coefficient (Wildman–Crippen LogP) is 4.88. The summed E-state index contributed by atoms with van der Waals surface area (Å²) in [6.07, 6.45) is 0. The van der Waals surface area contributed by atoms with Crippen molar-refractivity contribution in [3.05, 3.63) is 75.7 Å². The third kappa shape index (κ3) is 3.42. The standard InChI is InChI=1S/C17H12Cl2FN3O/c1-10-7-16(23(22-10)13-4-2-3-11(18)8-13)21-17(24)14-9-12(19)5-6-15(14)20/h2-9H,1H3,(H,21,24). The second kappa shape index (κ2) is 6.63. The van der Waals surface area contributed by atoms with E-state index in [1.807, 2.05) is 0 Å². The number of amides is 1. The molecule has 0 saturated carbocycles. The van der Waals surface area contributed by atoms with Gasteiger partial charge in [-0.05, 0) is 43.3 Å². The number of aromatic nitrogens is 2. The van der Waals surface area contributed by atoms with Crippen LogP contribution in [0, 0.1) is 12.7 Å². The number of aryl methyl sites for hydroxylation is 1. The molecule has 122 valence electrons. The Hall–Kier alpha value is -2.37. The molecule has 4 nitrogen and oxygen atoms in total. The van der Waals surface area contributed by atoms with Crippen LogP contribution in [-0.4, -0.2) is 15.7 Å². The number of halogens is 3. The first kappa shape index (κ1) is 16.5. The van der Waals surface area contributed by atoms with E-state index in [9.17, 15) is 9.18 Å². The lowest BCUT2D eigenvalue weighted by molar-refractivity contribution is 0.102. The zero-order valence-electron chi connectivity index (χ0n) is 12.6. The monoisotopic (exact) mass is 363 g/mol. The van der Waals surface area contributed by atoms with E-state index < -0.39 is 11.7 Å². The molecule has 0 aliphatic heterocycles. The molecule has 0 aliphatic rings. The molecular formula is C17H12Cl2FN3O. The Bertz CT molecular complexity index is 924. The number of carbonyl (C=O) groups excluding carboxylic acids is 1. The molecule has 0 spiro atoms. The number of rotatable bonds is 3. The Labute approximate surface area is 147 Å². The maximum atomic E-state index is 13.8. The third-order valence-electron chi connectivity index (χ3n) is 3.30. The van der Waals surface area contributed by atoms with Crippen molar-refractivity contribution in [3.63, 3.8) is 0 Å². The number of nitrogens with one attached hydrogen (secondary N) is 1. The molecule has 3 aromatic rings. The van der Waals surface area contributed by atoms with Gasteiger partial charge < -0.3 is 5.32 Å². The molecule has 0 fully saturated rings. The van der Waals surface area contributed by atoms with Crippen molar-refractivity contribution >= 4 is 34.9 Å². The van der Waals surface area contributed by atoms with Crippen molar-refractivity contribution in [3.8, 4) is 5.69 Å². The quantitative estimate of drug-likeness (QED) is 0.720. The molecule has 0 radical (unpaired) electrons. The lowest BCUT2D eigenvalue weighted by Gasteiger charge is -2.10.